The molecule has 9 heteroatoms. The molecule has 2 saturated heterocycles. The van der Waals surface area contributed by atoms with Crippen LogP contribution in [0.2, 0.25) is 0 Å². The molecular weight excluding hydrogens is 358 g/mol. The molecule has 142 valence electrons. The first-order valence-electron chi connectivity index (χ1n) is 8.77. The number of carbonyl (C=O) groups excluding carboxylic acids is 1. The molecule has 1 aromatic carbocycles. The van der Waals surface area contributed by atoms with Crippen molar-refractivity contribution < 1.29 is 22.7 Å². The fourth-order valence-electron chi connectivity index (χ4n) is 4.12. The van der Waals surface area contributed by atoms with Gasteiger partial charge in [-0.15, -0.1) is 0 Å². The van der Waals surface area contributed by atoms with E-state index in [0.29, 0.717) is 23.5 Å². The Balaban J connectivity index is 1.67. The van der Waals surface area contributed by atoms with Crippen LogP contribution in [0.4, 0.5) is 5.69 Å². The molecule has 3 aliphatic heterocycles. The third-order valence-electron chi connectivity index (χ3n) is 5.52. The lowest BCUT2D eigenvalue weighted by Gasteiger charge is -2.35. The van der Waals surface area contributed by atoms with Crippen molar-refractivity contribution in [1.29, 1.82) is 0 Å². The highest BCUT2D eigenvalue weighted by molar-refractivity contribution is 7.89. The van der Waals surface area contributed by atoms with E-state index in [1.165, 1.54) is 23.5 Å². The summed E-state index contributed by atoms with van der Waals surface area (Å²) in [4.78, 5) is 11.5. The monoisotopic (exact) mass is 381 g/mol. The smallest absolute Gasteiger partial charge is 0.262 e. The van der Waals surface area contributed by atoms with Crippen LogP contribution in [-0.4, -0.2) is 57.5 Å². The van der Waals surface area contributed by atoms with E-state index >= 15 is 0 Å². The summed E-state index contributed by atoms with van der Waals surface area (Å²) in [7, 11) is -0.715. The number of hydrogen-bond donors (Lipinski definition) is 2. The van der Waals surface area contributed by atoms with Crippen molar-refractivity contribution in [3.05, 3.63) is 12.1 Å². The van der Waals surface area contributed by atoms with Crippen LogP contribution in [0.3, 0.4) is 0 Å². The van der Waals surface area contributed by atoms with E-state index in [2.05, 4.69) is 10.6 Å². The number of nitrogens with zero attached hydrogens (tertiary/aromatic N) is 1. The highest BCUT2D eigenvalue weighted by Gasteiger charge is 2.40. The third-order valence-corrected chi connectivity index (χ3v) is 7.45. The van der Waals surface area contributed by atoms with E-state index in [0.717, 1.165) is 25.7 Å². The second-order valence-corrected chi connectivity index (χ2v) is 9.09. The summed E-state index contributed by atoms with van der Waals surface area (Å²) >= 11 is 0. The first-order chi connectivity index (χ1) is 12.4. The van der Waals surface area contributed by atoms with E-state index in [9.17, 15) is 13.2 Å². The van der Waals surface area contributed by atoms with Crippen LogP contribution in [0.25, 0.3) is 0 Å². The van der Waals surface area contributed by atoms with E-state index in [-0.39, 0.29) is 29.2 Å². The Kier molecular flexibility index (Phi) is 4.32. The van der Waals surface area contributed by atoms with Crippen LogP contribution in [-0.2, 0) is 14.8 Å². The highest BCUT2D eigenvalue weighted by Crippen LogP contribution is 2.39. The molecule has 0 aliphatic carbocycles. The summed E-state index contributed by atoms with van der Waals surface area (Å²) in [5.41, 5.74) is 0.416. The number of carbonyl (C=O) groups is 1. The van der Waals surface area contributed by atoms with Gasteiger partial charge in [0, 0.05) is 37.3 Å². The summed E-state index contributed by atoms with van der Waals surface area (Å²) in [6.45, 7) is -0.133. The number of amides is 1. The quantitative estimate of drug-likeness (QED) is 0.805. The van der Waals surface area contributed by atoms with E-state index < -0.39 is 10.0 Å². The lowest BCUT2D eigenvalue weighted by Crippen LogP contribution is -2.48. The van der Waals surface area contributed by atoms with Crippen molar-refractivity contribution in [3.8, 4) is 11.5 Å². The lowest BCUT2D eigenvalue weighted by atomic mass is 10.0. The molecule has 2 N–H and O–H groups in total. The number of nitrogens with one attached hydrogen (secondary N) is 2. The van der Waals surface area contributed by atoms with Gasteiger partial charge >= 0.3 is 0 Å². The molecule has 2 unspecified atom stereocenters. The summed E-state index contributed by atoms with van der Waals surface area (Å²) < 4.78 is 38.7. The van der Waals surface area contributed by atoms with Crippen molar-refractivity contribution in [2.75, 3.05) is 26.1 Å². The maximum absolute atomic E-state index is 13.3. The Hall–Kier alpha value is -1.84. The number of fused-ring (bicyclic) bond motifs is 3. The molecule has 0 spiro atoms. The van der Waals surface area contributed by atoms with Crippen LogP contribution < -0.4 is 20.1 Å². The number of hydrogen-bond acceptors (Lipinski definition) is 6. The Morgan fingerprint density at radius 1 is 1.23 bits per heavy atom. The van der Waals surface area contributed by atoms with E-state index in [4.69, 9.17) is 9.47 Å². The van der Waals surface area contributed by atoms with Gasteiger partial charge < -0.3 is 20.1 Å². The molecule has 2 bridgehead atoms. The van der Waals surface area contributed by atoms with Gasteiger partial charge in [-0.25, -0.2) is 8.42 Å². The Morgan fingerprint density at radius 3 is 2.58 bits per heavy atom. The fourth-order valence-corrected chi connectivity index (χ4v) is 5.65. The molecule has 8 nitrogen and oxygen atoms in total. The molecule has 3 heterocycles. The molecule has 0 aromatic heterocycles. The van der Waals surface area contributed by atoms with Crippen LogP contribution in [0, 0.1) is 0 Å². The standard InChI is InChI=1S/C17H23N3O5S/c1-20(12-5-10-3-4-11(6-12)18-10)26(22,23)16-8-14-13(7-15(16)24-2)19-17(21)9-25-14/h7-8,10-12,18H,3-6,9H2,1-2H3,(H,19,21). The number of benzene rings is 1. The first kappa shape index (κ1) is 17.6. The second-order valence-electron chi connectivity index (χ2n) is 7.12. The van der Waals surface area contributed by atoms with Crippen molar-refractivity contribution in [2.24, 2.45) is 0 Å². The zero-order chi connectivity index (χ0) is 18.5. The van der Waals surface area contributed by atoms with Crippen LogP contribution in [0.15, 0.2) is 17.0 Å². The molecule has 3 aliphatic rings. The van der Waals surface area contributed by atoms with E-state index in [1.807, 2.05) is 0 Å². The maximum atomic E-state index is 13.3. The van der Waals surface area contributed by atoms with Crippen molar-refractivity contribution >= 4 is 21.6 Å². The Bertz CT molecular complexity index is 829. The maximum Gasteiger partial charge on any atom is 0.262 e. The topological polar surface area (TPSA) is 97.0 Å². The molecule has 0 saturated carbocycles. The average Bonchev–Trinajstić information content (AvgIpc) is 2.97. The number of sulfonamides is 1. The fraction of sp³-hybridized carbons (Fsp3) is 0.588. The van der Waals surface area contributed by atoms with Gasteiger partial charge in [0.1, 0.15) is 16.4 Å². The van der Waals surface area contributed by atoms with Gasteiger partial charge in [-0.2, -0.15) is 4.31 Å². The summed E-state index contributed by atoms with van der Waals surface area (Å²) in [5, 5.41) is 6.19. The summed E-state index contributed by atoms with van der Waals surface area (Å²) in [5.74, 6) is 0.249. The molecule has 0 radical (unpaired) electrons. The van der Waals surface area contributed by atoms with Crippen molar-refractivity contribution in [1.82, 2.24) is 9.62 Å². The van der Waals surface area contributed by atoms with Gasteiger partial charge in [-0.1, -0.05) is 0 Å². The minimum atomic E-state index is -3.76. The molecule has 4 rings (SSSR count). The minimum Gasteiger partial charge on any atom is -0.495 e. The summed E-state index contributed by atoms with van der Waals surface area (Å²) in [6.07, 6.45) is 3.83. The number of anilines is 1. The predicted octanol–water partition coefficient (Wildman–Crippen LogP) is 0.930. The first-order valence-corrected chi connectivity index (χ1v) is 10.2. The molecule has 2 atom stereocenters. The third kappa shape index (κ3) is 2.93. The van der Waals surface area contributed by atoms with Gasteiger partial charge in [0.2, 0.25) is 10.0 Å². The predicted molar refractivity (Wildman–Crippen MR) is 95.0 cm³/mol. The zero-order valence-corrected chi connectivity index (χ0v) is 15.6. The second kappa shape index (κ2) is 6.40. The van der Waals surface area contributed by atoms with E-state index in [1.54, 1.807) is 7.05 Å². The molecule has 26 heavy (non-hydrogen) atoms. The van der Waals surface area contributed by atoms with Crippen molar-refractivity contribution in [2.45, 2.75) is 48.7 Å². The molecule has 1 aromatic rings. The Morgan fingerprint density at radius 2 is 1.92 bits per heavy atom. The van der Waals surface area contributed by atoms with Crippen LogP contribution >= 0.6 is 0 Å². The van der Waals surface area contributed by atoms with Gasteiger partial charge in [0.25, 0.3) is 5.91 Å². The Labute approximate surface area is 152 Å². The number of rotatable bonds is 4. The molecule has 1 amide bonds. The lowest BCUT2D eigenvalue weighted by molar-refractivity contribution is -0.118. The summed E-state index contributed by atoms with van der Waals surface area (Å²) in [6, 6.07) is 3.68. The number of ether oxygens (including phenoxy) is 2. The van der Waals surface area contributed by atoms with Gasteiger partial charge in [0.05, 0.1) is 12.8 Å². The highest BCUT2D eigenvalue weighted by atomic mass is 32.2. The van der Waals surface area contributed by atoms with Gasteiger partial charge in [-0.05, 0) is 25.7 Å². The molecule has 2 fully saturated rings. The zero-order valence-electron chi connectivity index (χ0n) is 14.8. The number of piperidine rings is 1. The SMILES string of the molecule is COc1cc2c(cc1S(=O)(=O)N(C)C1CC3CCC(C1)N3)OCC(=O)N2. The van der Waals surface area contributed by atoms with Gasteiger partial charge in [-0.3, -0.25) is 4.79 Å². The van der Waals surface area contributed by atoms with Gasteiger partial charge in [0.15, 0.2) is 6.61 Å². The van der Waals surface area contributed by atoms with Crippen LogP contribution in [0.1, 0.15) is 25.7 Å². The molecular formula is C17H23N3O5S. The minimum absolute atomic E-state index is 0.0416. The van der Waals surface area contributed by atoms with Crippen molar-refractivity contribution in [3.63, 3.8) is 0 Å². The number of methoxy groups -OCH3 is 1. The normalized spacial score (nSPS) is 27.7. The van der Waals surface area contributed by atoms with Crippen LogP contribution in [0.5, 0.6) is 11.5 Å². The largest absolute Gasteiger partial charge is 0.495 e. The average molecular weight is 381 g/mol.